The van der Waals surface area contributed by atoms with Crippen LogP contribution >= 0.6 is 12.2 Å². The zero-order valence-corrected chi connectivity index (χ0v) is 22.1. The number of nitrogens with zero attached hydrogens (tertiary/aromatic N) is 1. The van der Waals surface area contributed by atoms with Crippen LogP contribution in [0.2, 0.25) is 0 Å². The number of amides is 2. The first kappa shape index (κ1) is 26.7. The minimum atomic E-state index is -0.608. The number of carbonyl (C=O) groups is 2. The molecule has 2 amide bonds. The fraction of sp³-hybridized carbons (Fsp3) is 0.464. The number of hydrogen-bond acceptors (Lipinski definition) is 4. The number of likely N-dealkylation sites (tertiary alicyclic amines) is 1. The number of carbonyl (C=O) groups excluding carboxylic acids is 2. The molecular formula is C28H37N3O3S. The lowest BCUT2D eigenvalue weighted by molar-refractivity contribution is -0.128. The van der Waals surface area contributed by atoms with Crippen molar-refractivity contribution in [1.29, 1.82) is 0 Å². The fourth-order valence-electron chi connectivity index (χ4n) is 4.12. The van der Waals surface area contributed by atoms with E-state index in [-0.39, 0.29) is 16.9 Å². The number of aryl methyl sites for hydroxylation is 2. The Balaban J connectivity index is 1.47. The molecule has 0 bridgehead atoms. The van der Waals surface area contributed by atoms with Crippen molar-refractivity contribution in [2.24, 2.45) is 5.41 Å². The van der Waals surface area contributed by atoms with E-state index >= 15 is 0 Å². The average Bonchev–Trinajstić information content (AvgIpc) is 2.84. The van der Waals surface area contributed by atoms with Gasteiger partial charge < -0.3 is 20.3 Å². The van der Waals surface area contributed by atoms with E-state index in [0.29, 0.717) is 24.3 Å². The van der Waals surface area contributed by atoms with Crippen molar-refractivity contribution in [2.75, 3.05) is 25.0 Å². The summed E-state index contributed by atoms with van der Waals surface area (Å²) in [7, 11) is 0. The minimum Gasteiger partial charge on any atom is -0.493 e. The molecule has 0 unspecified atom stereocenters. The highest BCUT2D eigenvalue weighted by Crippen LogP contribution is 2.24. The molecule has 1 aliphatic heterocycles. The predicted molar refractivity (Wildman–Crippen MR) is 145 cm³/mol. The van der Waals surface area contributed by atoms with Gasteiger partial charge in [-0.2, -0.15) is 0 Å². The lowest BCUT2D eigenvalue weighted by Crippen LogP contribution is -2.42. The molecule has 0 radical (unpaired) electrons. The Labute approximate surface area is 214 Å². The highest BCUT2D eigenvalue weighted by atomic mass is 32.1. The van der Waals surface area contributed by atoms with E-state index < -0.39 is 5.41 Å². The monoisotopic (exact) mass is 495 g/mol. The molecule has 1 saturated heterocycles. The van der Waals surface area contributed by atoms with Gasteiger partial charge in [-0.15, -0.1) is 0 Å². The Kier molecular flexibility index (Phi) is 9.26. The normalized spacial score (nSPS) is 13.8. The summed E-state index contributed by atoms with van der Waals surface area (Å²) in [6, 6.07) is 13.4. The summed E-state index contributed by atoms with van der Waals surface area (Å²) < 4.78 is 5.93. The van der Waals surface area contributed by atoms with Gasteiger partial charge in [0.15, 0.2) is 5.11 Å². The Bertz CT molecular complexity index is 1060. The van der Waals surface area contributed by atoms with Gasteiger partial charge in [-0.3, -0.25) is 9.59 Å². The number of hydrogen-bond donors (Lipinski definition) is 2. The molecule has 188 valence electrons. The number of ether oxygens (including phenoxy) is 1. The van der Waals surface area contributed by atoms with Crippen molar-refractivity contribution in [3.05, 3.63) is 59.2 Å². The summed E-state index contributed by atoms with van der Waals surface area (Å²) in [6.45, 7) is 10.0. The first-order valence-corrected chi connectivity index (χ1v) is 12.8. The summed E-state index contributed by atoms with van der Waals surface area (Å²) >= 11 is 5.38. The van der Waals surface area contributed by atoms with Gasteiger partial charge in [-0.1, -0.05) is 32.0 Å². The van der Waals surface area contributed by atoms with Gasteiger partial charge in [0.05, 0.1) is 6.61 Å². The van der Waals surface area contributed by atoms with E-state index in [1.165, 1.54) is 6.42 Å². The fourth-order valence-corrected chi connectivity index (χ4v) is 4.33. The van der Waals surface area contributed by atoms with Crippen molar-refractivity contribution in [1.82, 2.24) is 10.2 Å². The maximum Gasteiger partial charge on any atom is 0.253 e. The molecular weight excluding hydrogens is 458 g/mol. The van der Waals surface area contributed by atoms with Gasteiger partial charge >= 0.3 is 0 Å². The molecule has 35 heavy (non-hydrogen) atoms. The quantitative estimate of drug-likeness (QED) is 0.367. The molecule has 2 aromatic rings. The van der Waals surface area contributed by atoms with Crippen molar-refractivity contribution < 1.29 is 14.3 Å². The van der Waals surface area contributed by atoms with Gasteiger partial charge in [-0.25, -0.2) is 0 Å². The number of anilines is 1. The van der Waals surface area contributed by atoms with E-state index in [0.717, 1.165) is 49.2 Å². The zero-order valence-electron chi connectivity index (χ0n) is 21.3. The lowest BCUT2D eigenvalue weighted by atomic mass is 9.87. The first-order chi connectivity index (χ1) is 16.7. The van der Waals surface area contributed by atoms with Gasteiger partial charge in [0.2, 0.25) is 5.91 Å². The SMILES string of the molecule is Cc1ccc(C)c(OCCCC(C)(C)C(=O)NC(=S)Nc2cccc(C(=O)N3CCCCC3)c2)c1. The number of piperidine rings is 1. The smallest absolute Gasteiger partial charge is 0.253 e. The highest BCUT2D eigenvalue weighted by molar-refractivity contribution is 7.80. The van der Waals surface area contributed by atoms with E-state index in [1.807, 2.05) is 56.9 Å². The van der Waals surface area contributed by atoms with Crippen molar-refractivity contribution in [2.45, 2.75) is 59.8 Å². The molecule has 0 atom stereocenters. The van der Waals surface area contributed by atoms with Crippen molar-refractivity contribution in [3.8, 4) is 5.75 Å². The third-order valence-corrected chi connectivity index (χ3v) is 6.60. The molecule has 0 spiro atoms. The lowest BCUT2D eigenvalue weighted by Gasteiger charge is -2.27. The van der Waals surface area contributed by atoms with Gasteiger partial charge in [0, 0.05) is 29.8 Å². The van der Waals surface area contributed by atoms with E-state index in [9.17, 15) is 9.59 Å². The molecule has 3 rings (SSSR count). The largest absolute Gasteiger partial charge is 0.493 e. The van der Waals surface area contributed by atoms with E-state index in [1.54, 1.807) is 6.07 Å². The van der Waals surface area contributed by atoms with Crippen LogP contribution in [0, 0.1) is 19.3 Å². The second kappa shape index (κ2) is 12.2. The van der Waals surface area contributed by atoms with Crippen molar-refractivity contribution >= 4 is 34.8 Å². The zero-order chi connectivity index (χ0) is 25.4. The third kappa shape index (κ3) is 7.79. The molecule has 1 fully saturated rings. The average molecular weight is 496 g/mol. The highest BCUT2D eigenvalue weighted by Gasteiger charge is 2.28. The van der Waals surface area contributed by atoms with E-state index in [2.05, 4.69) is 22.8 Å². The van der Waals surface area contributed by atoms with Crippen molar-refractivity contribution in [3.63, 3.8) is 0 Å². The van der Waals surface area contributed by atoms with Crippen LogP contribution in [0.25, 0.3) is 0 Å². The first-order valence-electron chi connectivity index (χ1n) is 12.4. The summed E-state index contributed by atoms with van der Waals surface area (Å²) in [6.07, 6.45) is 4.68. The number of nitrogens with one attached hydrogen (secondary N) is 2. The summed E-state index contributed by atoms with van der Waals surface area (Å²) in [4.78, 5) is 27.6. The molecule has 0 aliphatic carbocycles. The summed E-state index contributed by atoms with van der Waals surface area (Å²) in [5, 5.41) is 6.07. The Morgan fingerprint density at radius 2 is 1.80 bits per heavy atom. The van der Waals surface area contributed by atoms with Gasteiger partial charge in [0.1, 0.15) is 5.75 Å². The predicted octanol–water partition coefficient (Wildman–Crippen LogP) is 5.63. The molecule has 1 heterocycles. The molecule has 7 heteroatoms. The molecule has 1 aliphatic rings. The Morgan fingerprint density at radius 3 is 2.54 bits per heavy atom. The molecule has 6 nitrogen and oxygen atoms in total. The molecule has 2 aromatic carbocycles. The summed E-state index contributed by atoms with van der Waals surface area (Å²) in [5.41, 5.74) is 2.95. The van der Waals surface area contributed by atoms with Gasteiger partial charge in [0.25, 0.3) is 5.91 Å². The van der Waals surface area contributed by atoms with Crippen LogP contribution in [0.3, 0.4) is 0 Å². The third-order valence-electron chi connectivity index (χ3n) is 6.40. The number of benzene rings is 2. The van der Waals surface area contributed by atoms with Crippen LogP contribution in [0.1, 0.15) is 67.4 Å². The second-order valence-electron chi connectivity index (χ2n) is 9.95. The Hall–Kier alpha value is -2.93. The minimum absolute atomic E-state index is 0.0347. The topological polar surface area (TPSA) is 70.7 Å². The number of rotatable bonds is 8. The number of thiocarbonyl (C=S) groups is 1. The maximum absolute atomic E-state index is 12.9. The van der Waals surface area contributed by atoms with Crippen LogP contribution in [-0.2, 0) is 4.79 Å². The molecule has 2 N–H and O–H groups in total. The van der Waals surface area contributed by atoms with Crippen LogP contribution in [0.4, 0.5) is 5.69 Å². The summed E-state index contributed by atoms with van der Waals surface area (Å²) in [5.74, 6) is 0.772. The molecule has 0 saturated carbocycles. The van der Waals surface area contributed by atoms with E-state index in [4.69, 9.17) is 17.0 Å². The molecule has 0 aromatic heterocycles. The van der Waals surface area contributed by atoms with Gasteiger partial charge in [-0.05, 0) is 93.6 Å². The maximum atomic E-state index is 12.9. The second-order valence-corrected chi connectivity index (χ2v) is 10.4. The van der Waals surface area contributed by atoms with Crippen LogP contribution in [-0.4, -0.2) is 41.5 Å². The standard InChI is InChI=1S/C28H37N3O3S/c1-20-12-13-21(2)24(18-20)34-17-9-14-28(3,4)26(33)30-27(35)29-23-11-8-10-22(19-23)25(32)31-15-6-5-7-16-31/h8,10-13,18-19H,5-7,9,14-17H2,1-4H3,(H2,29,30,33,35). The van der Waals surface area contributed by atoms with Crippen LogP contribution < -0.4 is 15.4 Å². The van der Waals surface area contributed by atoms with Crippen LogP contribution in [0.15, 0.2) is 42.5 Å². The van der Waals surface area contributed by atoms with Crippen LogP contribution in [0.5, 0.6) is 5.75 Å². The Morgan fingerprint density at radius 1 is 1.06 bits per heavy atom.